The lowest BCUT2D eigenvalue weighted by Gasteiger charge is -2.05. The lowest BCUT2D eigenvalue weighted by molar-refractivity contribution is 0.0950. The van der Waals surface area contributed by atoms with Crippen LogP contribution in [0.25, 0.3) is 10.9 Å². The minimum atomic E-state index is -0.192. The first kappa shape index (κ1) is 19.9. The molecular formula is C23H21ClN4O2. The number of carbonyl (C=O) groups is 1. The van der Waals surface area contributed by atoms with Gasteiger partial charge in [-0.15, -0.1) is 0 Å². The van der Waals surface area contributed by atoms with Gasteiger partial charge in [-0.25, -0.2) is 4.98 Å². The molecule has 2 aromatic heterocycles. The van der Waals surface area contributed by atoms with E-state index in [0.29, 0.717) is 36.1 Å². The Morgan fingerprint density at radius 1 is 1.07 bits per heavy atom. The van der Waals surface area contributed by atoms with Crippen LogP contribution in [0.15, 0.2) is 66.9 Å². The van der Waals surface area contributed by atoms with Crippen LogP contribution in [-0.4, -0.2) is 34.3 Å². The summed E-state index contributed by atoms with van der Waals surface area (Å²) in [6.07, 6.45) is 2.42. The number of hydrogen-bond donors (Lipinski definition) is 1. The molecule has 7 heteroatoms. The first-order chi connectivity index (χ1) is 14.6. The van der Waals surface area contributed by atoms with E-state index in [0.717, 1.165) is 22.0 Å². The van der Waals surface area contributed by atoms with Gasteiger partial charge < -0.3 is 10.1 Å². The first-order valence-electron chi connectivity index (χ1n) is 9.61. The van der Waals surface area contributed by atoms with Crippen molar-refractivity contribution in [1.29, 1.82) is 0 Å². The van der Waals surface area contributed by atoms with Crippen LogP contribution in [0.5, 0.6) is 5.88 Å². The average molecular weight is 421 g/mol. The zero-order chi connectivity index (χ0) is 20.9. The van der Waals surface area contributed by atoms with Crippen LogP contribution in [0.4, 0.5) is 0 Å². The van der Waals surface area contributed by atoms with Crippen LogP contribution in [0.1, 0.15) is 21.6 Å². The highest BCUT2D eigenvalue weighted by Crippen LogP contribution is 2.20. The number of halogens is 1. The van der Waals surface area contributed by atoms with Crippen molar-refractivity contribution in [3.8, 4) is 5.88 Å². The Hall–Kier alpha value is -3.38. The van der Waals surface area contributed by atoms with Gasteiger partial charge in [0.05, 0.1) is 19.2 Å². The fourth-order valence-electron chi connectivity index (χ4n) is 3.26. The van der Waals surface area contributed by atoms with Gasteiger partial charge in [0.25, 0.3) is 5.91 Å². The molecule has 4 aromatic rings. The third-order valence-electron chi connectivity index (χ3n) is 4.82. The minimum Gasteiger partial charge on any atom is -0.481 e. The molecule has 0 saturated heterocycles. The number of fused-ring (bicyclic) bond motifs is 1. The number of nitrogens with one attached hydrogen (secondary N) is 1. The molecule has 0 aliphatic carbocycles. The number of methoxy groups -OCH3 is 1. The average Bonchev–Trinajstić information content (AvgIpc) is 3.14. The highest BCUT2D eigenvalue weighted by atomic mass is 35.5. The Morgan fingerprint density at radius 2 is 1.83 bits per heavy atom. The van der Waals surface area contributed by atoms with Gasteiger partial charge in [0.2, 0.25) is 5.88 Å². The van der Waals surface area contributed by atoms with Gasteiger partial charge in [0.15, 0.2) is 5.69 Å². The summed E-state index contributed by atoms with van der Waals surface area (Å²) in [4.78, 5) is 17.0. The molecule has 0 unspecified atom stereocenters. The Balaban J connectivity index is 1.48. The predicted octanol–water partition coefficient (Wildman–Crippen LogP) is 4.11. The van der Waals surface area contributed by atoms with E-state index in [-0.39, 0.29) is 5.91 Å². The molecule has 4 rings (SSSR count). The topological polar surface area (TPSA) is 69.0 Å². The summed E-state index contributed by atoms with van der Waals surface area (Å²) in [5.41, 5.74) is 3.42. The lowest BCUT2D eigenvalue weighted by atomic mass is 10.2. The second kappa shape index (κ2) is 8.97. The number of rotatable bonds is 7. The molecule has 1 amide bonds. The molecule has 0 fully saturated rings. The van der Waals surface area contributed by atoms with Crippen LogP contribution >= 0.6 is 11.6 Å². The van der Waals surface area contributed by atoms with Crippen molar-refractivity contribution in [2.45, 2.75) is 13.0 Å². The molecule has 0 spiro atoms. The van der Waals surface area contributed by atoms with E-state index in [1.165, 1.54) is 0 Å². The fraction of sp³-hybridized carbons (Fsp3) is 0.174. The maximum absolute atomic E-state index is 12.8. The van der Waals surface area contributed by atoms with Gasteiger partial charge in [-0.05, 0) is 35.7 Å². The quantitative estimate of drug-likeness (QED) is 0.488. The van der Waals surface area contributed by atoms with Gasteiger partial charge in [0.1, 0.15) is 0 Å². The number of aromatic nitrogens is 3. The monoisotopic (exact) mass is 420 g/mol. The van der Waals surface area contributed by atoms with Gasteiger partial charge >= 0.3 is 0 Å². The summed E-state index contributed by atoms with van der Waals surface area (Å²) in [5.74, 6) is 0.378. The molecule has 2 heterocycles. The van der Waals surface area contributed by atoms with Crippen molar-refractivity contribution in [3.05, 3.63) is 88.7 Å². The van der Waals surface area contributed by atoms with Crippen molar-refractivity contribution in [3.63, 3.8) is 0 Å². The van der Waals surface area contributed by atoms with E-state index >= 15 is 0 Å². The molecule has 0 atom stereocenters. The van der Waals surface area contributed by atoms with Crippen LogP contribution in [0.3, 0.4) is 0 Å². The van der Waals surface area contributed by atoms with Crippen molar-refractivity contribution in [1.82, 2.24) is 20.1 Å². The number of hydrogen-bond acceptors (Lipinski definition) is 4. The minimum absolute atomic E-state index is 0.192. The van der Waals surface area contributed by atoms with Gasteiger partial charge in [0, 0.05) is 29.2 Å². The molecule has 0 aliphatic heterocycles. The SMILES string of the molecule is COc1ccc(CCNC(=O)c2nn(Cc3ccc(Cl)cc3)c3ccccc23)cn1. The summed E-state index contributed by atoms with van der Waals surface area (Å²) in [6.45, 7) is 1.05. The second-order valence-corrected chi connectivity index (χ2v) is 7.30. The third-order valence-corrected chi connectivity index (χ3v) is 5.08. The summed E-state index contributed by atoms with van der Waals surface area (Å²) in [7, 11) is 1.58. The number of amides is 1. The first-order valence-corrected chi connectivity index (χ1v) is 9.99. The molecular weight excluding hydrogens is 400 g/mol. The van der Waals surface area contributed by atoms with Gasteiger partial charge in [-0.1, -0.05) is 48.0 Å². The number of nitrogens with zero attached hydrogens (tertiary/aromatic N) is 3. The molecule has 6 nitrogen and oxygen atoms in total. The summed E-state index contributed by atoms with van der Waals surface area (Å²) in [5, 5.41) is 9.08. The van der Waals surface area contributed by atoms with Crippen molar-refractivity contribution in [2.24, 2.45) is 0 Å². The second-order valence-electron chi connectivity index (χ2n) is 6.86. The number of pyridine rings is 1. The maximum Gasteiger partial charge on any atom is 0.272 e. The van der Waals surface area contributed by atoms with E-state index in [2.05, 4.69) is 15.4 Å². The Bertz CT molecular complexity index is 1150. The molecule has 152 valence electrons. The fourth-order valence-corrected chi connectivity index (χ4v) is 3.39. The molecule has 0 bridgehead atoms. The maximum atomic E-state index is 12.8. The zero-order valence-corrected chi connectivity index (χ0v) is 17.3. The number of benzene rings is 2. The van der Waals surface area contributed by atoms with Crippen LogP contribution in [-0.2, 0) is 13.0 Å². The summed E-state index contributed by atoms with van der Waals surface area (Å²) < 4.78 is 6.91. The van der Waals surface area contributed by atoms with E-state index < -0.39 is 0 Å². The molecule has 30 heavy (non-hydrogen) atoms. The standard InChI is InChI=1S/C23H21ClN4O2/c1-30-21-11-8-16(14-26-21)12-13-25-23(29)22-19-4-2-3-5-20(19)28(27-22)15-17-6-9-18(24)10-7-17/h2-11,14H,12-13,15H2,1H3,(H,25,29). The normalized spacial score (nSPS) is 10.9. The summed E-state index contributed by atoms with van der Waals surface area (Å²) >= 11 is 5.98. The van der Waals surface area contributed by atoms with Crippen LogP contribution < -0.4 is 10.1 Å². The lowest BCUT2D eigenvalue weighted by Crippen LogP contribution is -2.26. The molecule has 2 aromatic carbocycles. The van der Waals surface area contributed by atoms with Crippen molar-refractivity contribution in [2.75, 3.05) is 13.7 Å². The van der Waals surface area contributed by atoms with Crippen molar-refractivity contribution < 1.29 is 9.53 Å². The number of carbonyl (C=O) groups excluding carboxylic acids is 1. The predicted molar refractivity (Wildman–Crippen MR) is 117 cm³/mol. The van der Waals surface area contributed by atoms with E-state index in [4.69, 9.17) is 16.3 Å². The summed E-state index contributed by atoms with van der Waals surface area (Å²) in [6, 6.07) is 19.1. The van der Waals surface area contributed by atoms with E-state index in [1.807, 2.05) is 65.3 Å². The smallest absolute Gasteiger partial charge is 0.272 e. The molecule has 1 N–H and O–H groups in total. The zero-order valence-electron chi connectivity index (χ0n) is 16.5. The number of ether oxygens (including phenoxy) is 1. The highest BCUT2D eigenvalue weighted by Gasteiger charge is 2.17. The number of para-hydroxylation sites is 1. The molecule has 0 aliphatic rings. The molecule has 0 radical (unpaired) electrons. The van der Waals surface area contributed by atoms with Crippen molar-refractivity contribution >= 4 is 28.4 Å². The van der Waals surface area contributed by atoms with E-state index in [9.17, 15) is 4.79 Å². The van der Waals surface area contributed by atoms with Crippen LogP contribution in [0, 0.1) is 0 Å². The van der Waals surface area contributed by atoms with Crippen LogP contribution in [0.2, 0.25) is 5.02 Å². The third kappa shape index (κ3) is 4.44. The Morgan fingerprint density at radius 3 is 2.57 bits per heavy atom. The van der Waals surface area contributed by atoms with Gasteiger partial charge in [-0.3, -0.25) is 9.48 Å². The highest BCUT2D eigenvalue weighted by molar-refractivity contribution is 6.30. The van der Waals surface area contributed by atoms with Gasteiger partial charge in [-0.2, -0.15) is 5.10 Å². The molecule has 0 saturated carbocycles. The Labute approximate surface area is 179 Å². The Kier molecular flexibility index (Phi) is 5.95. The largest absolute Gasteiger partial charge is 0.481 e. The van der Waals surface area contributed by atoms with E-state index in [1.54, 1.807) is 13.3 Å².